The van der Waals surface area contributed by atoms with Crippen molar-refractivity contribution < 1.29 is 0 Å². The van der Waals surface area contributed by atoms with Gasteiger partial charge in [-0.1, -0.05) is 210 Å². The fourth-order valence-corrected chi connectivity index (χ4v) is 10.8. The van der Waals surface area contributed by atoms with Crippen LogP contribution >= 0.6 is 15.9 Å². The summed E-state index contributed by atoms with van der Waals surface area (Å²) in [6.45, 7) is 0. The molecule has 0 aliphatic heterocycles. The molecular weight excluding hydrogens is 779 g/mol. The van der Waals surface area contributed by atoms with Gasteiger partial charge in [0.1, 0.15) is 0 Å². The third-order valence-corrected chi connectivity index (χ3v) is 13.4. The molecule has 1 aliphatic rings. The Balaban J connectivity index is 1.19. The number of fused-ring (bicyclic) bond motifs is 10. The molecule has 10 aromatic carbocycles. The first kappa shape index (κ1) is 34.1. The molecule has 276 valence electrons. The van der Waals surface area contributed by atoms with Crippen LogP contribution in [0.1, 0.15) is 22.3 Å². The summed E-state index contributed by atoms with van der Waals surface area (Å²) in [6.07, 6.45) is 0. The number of hydrogen-bond donors (Lipinski definition) is 0. The first-order chi connectivity index (χ1) is 29.2. The van der Waals surface area contributed by atoms with Crippen LogP contribution in [0.25, 0.3) is 82.4 Å². The van der Waals surface area contributed by atoms with E-state index in [2.05, 4.69) is 239 Å². The smallest absolute Gasteiger partial charge is 0.0713 e. The Morgan fingerprint density at radius 2 is 0.949 bits per heavy atom. The fraction of sp³-hybridized carbons (Fsp3) is 0.0175. The van der Waals surface area contributed by atoms with Gasteiger partial charge < -0.3 is 4.57 Å². The maximum atomic E-state index is 3.85. The molecule has 11 aromatic rings. The molecule has 0 saturated carbocycles. The average Bonchev–Trinajstić information content (AvgIpc) is 3.80. The van der Waals surface area contributed by atoms with Gasteiger partial charge in [-0.05, 0) is 96.1 Å². The number of aromatic nitrogens is 1. The maximum Gasteiger partial charge on any atom is 0.0713 e. The Morgan fingerprint density at radius 1 is 0.373 bits per heavy atom. The van der Waals surface area contributed by atoms with Gasteiger partial charge in [0.25, 0.3) is 0 Å². The van der Waals surface area contributed by atoms with Gasteiger partial charge in [0.15, 0.2) is 0 Å². The number of nitrogens with zero attached hydrogens (tertiary/aromatic N) is 1. The largest absolute Gasteiger partial charge is 0.309 e. The standard InChI is InChI=1S/C57H36BrN/c58-53-26-14-13-25-47(53)46-24-12-11-21-43(46)39-28-31-48-49-32-27-38-16-8-10-23-45(38)56(49)59(54(48)35-39)42-30-34-51-50(36-42)55-44-22-9-7-15-37(44)29-33-52(55)57(51,40-17-3-1-4-18-40)41-19-5-2-6-20-41/h1-36H. The SMILES string of the molecule is Brc1ccccc1-c1ccccc1-c1ccc2c3ccc4ccccc4c3n(-c3ccc4c(c3)-c3c(ccc5ccccc35)C4(c3ccccc3)c3ccccc3)c2c1. The minimum absolute atomic E-state index is 0.494. The lowest BCUT2D eigenvalue weighted by molar-refractivity contribution is 0.769. The van der Waals surface area contributed by atoms with E-state index in [-0.39, 0.29) is 0 Å². The minimum atomic E-state index is -0.494. The molecule has 1 aromatic heterocycles. The molecule has 0 unspecified atom stereocenters. The van der Waals surface area contributed by atoms with Gasteiger partial charge >= 0.3 is 0 Å². The van der Waals surface area contributed by atoms with Gasteiger partial charge in [-0.15, -0.1) is 0 Å². The molecular formula is C57H36BrN. The summed E-state index contributed by atoms with van der Waals surface area (Å²) in [4.78, 5) is 0. The monoisotopic (exact) mass is 813 g/mol. The summed E-state index contributed by atoms with van der Waals surface area (Å²) in [5, 5.41) is 7.48. The lowest BCUT2D eigenvalue weighted by atomic mass is 9.67. The van der Waals surface area contributed by atoms with E-state index in [4.69, 9.17) is 0 Å². The van der Waals surface area contributed by atoms with Crippen LogP contribution in [0.5, 0.6) is 0 Å². The molecule has 0 radical (unpaired) electrons. The van der Waals surface area contributed by atoms with Crippen LogP contribution < -0.4 is 0 Å². The first-order valence-electron chi connectivity index (χ1n) is 20.3. The number of hydrogen-bond acceptors (Lipinski definition) is 0. The van der Waals surface area contributed by atoms with Crippen molar-refractivity contribution in [1.29, 1.82) is 0 Å². The molecule has 0 fully saturated rings. The highest BCUT2D eigenvalue weighted by Crippen LogP contribution is 2.58. The number of benzene rings is 10. The first-order valence-corrected chi connectivity index (χ1v) is 21.1. The molecule has 0 N–H and O–H groups in total. The summed E-state index contributed by atoms with van der Waals surface area (Å²) in [7, 11) is 0. The Kier molecular flexibility index (Phi) is 7.67. The van der Waals surface area contributed by atoms with Crippen molar-refractivity contribution in [3.63, 3.8) is 0 Å². The predicted molar refractivity (Wildman–Crippen MR) is 252 cm³/mol. The average molecular weight is 815 g/mol. The molecule has 59 heavy (non-hydrogen) atoms. The Bertz CT molecular complexity index is 3410. The van der Waals surface area contributed by atoms with E-state index >= 15 is 0 Å². The summed E-state index contributed by atoms with van der Waals surface area (Å²) in [5.74, 6) is 0. The molecule has 0 saturated heterocycles. The molecule has 1 aliphatic carbocycles. The molecule has 2 heteroatoms. The van der Waals surface area contributed by atoms with E-state index in [9.17, 15) is 0 Å². The lowest BCUT2D eigenvalue weighted by Gasteiger charge is -2.34. The van der Waals surface area contributed by atoms with Crippen molar-refractivity contribution in [3.05, 3.63) is 245 Å². The van der Waals surface area contributed by atoms with Crippen molar-refractivity contribution in [1.82, 2.24) is 4.57 Å². The molecule has 1 nitrogen and oxygen atoms in total. The van der Waals surface area contributed by atoms with Crippen LogP contribution in [0.4, 0.5) is 0 Å². The molecule has 0 atom stereocenters. The highest BCUT2D eigenvalue weighted by Gasteiger charge is 2.46. The van der Waals surface area contributed by atoms with Crippen LogP contribution in [0.3, 0.4) is 0 Å². The second kappa shape index (κ2) is 13.3. The third-order valence-electron chi connectivity index (χ3n) is 12.7. The highest BCUT2D eigenvalue weighted by atomic mass is 79.9. The van der Waals surface area contributed by atoms with Crippen molar-refractivity contribution in [3.8, 4) is 39.1 Å². The lowest BCUT2D eigenvalue weighted by Crippen LogP contribution is -2.28. The van der Waals surface area contributed by atoms with Crippen LogP contribution in [0.15, 0.2) is 223 Å². The van der Waals surface area contributed by atoms with Crippen molar-refractivity contribution >= 4 is 59.3 Å². The maximum absolute atomic E-state index is 3.85. The van der Waals surface area contributed by atoms with Gasteiger partial charge in [-0.25, -0.2) is 0 Å². The van der Waals surface area contributed by atoms with Gasteiger partial charge in [-0.2, -0.15) is 0 Å². The van der Waals surface area contributed by atoms with E-state index < -0.39 is 5.41 Å². The molecule has 12 rings (SSSR count). The number of halogens is 1. The van der Waals surface area contributed by atoms with Crippen LogP contribution in [0, 0.1) is 0 Å². The van der Waals surface area contributed by atoms with E-state index in [0.29, 0.717) is 0 Å². The second-order valence-corrected chi connectivity index (χ2v) is 16.6. The van der Waals surface area contributed by atoms with E-state index in [1.165, 1.54) is 99.0 Å². The highest BCUT2D eigenvalue weighted by molar-refractivity contribution is 9.10. The summed E-state index contributed by atoms with van der Waals surface area (Å²) in [6, 6.07) is 80.8. The minimum Gasteiger partial charge on any atom is -0.309 e. The quantitative estimate of drug-likeness (QED) is 0.163. The van der Waals surface area contributed by atoms with E-state index in [1.807, 2.05) is 0 Å². The van der Waals surface area contributed by atoms with E-state index in [0.717, 1.165) is 10.2 Å². The zero-order chi connectivity index (χ0) is 39.1. The van der Waals surface area contributed by atoms with Gasteiger partial charge in [0, 0.05) is 26.3 Å². The van der Waals surface area contributed by atoms with E-state index in [1.54, 1.807) is 0 Å². The topological polar surface area (TPSA) is 4.93 Å². The van der Waals surface area contributed by atoms with Crippen LogP contribution in [-0.2, 0) is 5.41 Å². The van der Waals surface area contributed by atoms with Gasteiger partial charge in [0.2, 0.25) is 0 Å². The van der Waals surface area contributed by atoms with Gasteiger partial charge in [-0.3, -0.25) is 0 Å². The predicted octanol–water partition coefficient (Wildman–Crippen LogP) is 15.5. The Hall–Kier alpha value is -7.00. The van der Waals surface area contributed by atoms with Crippen molar-refractivity contribution in [2.24, 2.45) is 0 Å². The number of rotatable bonds is 5. The molecule has 0 amide bonds. The zero-order valence-electron chi connectivity index (χ0n) is 32.1. The Morgan fingerprint density at radius 3 is 1.69 bits per heavy atom. The summed E-state index contributed by atoms with van der Waals surface area (Å²) < 4.78 is 3.62. The van der Waals surface area contributed by atoms with Crippen molar-refractivity contribution in [2.45, 2.75) is 5.41 Å². The fourth-order valence-electron chi connectivity index (χ4n) is 10.3. The normalized spacial score (nSPS) is 13.0. The zero-order valence-corrected chi connectivity index (χ0v) is 33.7. The summed E-state index contributed by atoms with van der Waals surface area (Å²) >= 11 is 3.85. The molecule has 0 bridgehead atoms. The molecule has 0 spiro atoms. The second-order valence-electron chi connectivity index (χ2n) is 15.7. The summed E-state index contributed by atoms with van der Waals surface area (Å²) in [5.41, 5.74) is 15.6. The Labute approximate surface area is 351 Å². The van der Waals surface area contributed by atoms with Crippen molar-refractivity contribution in [2.75, 3.05) is 0 Å². The third kappa shape index (κ3) is 4.97. The van der Waals surface area contributed by atoms with Gasteiger partial charge in [0.05, 0.1) is 16.4 Å². The molecule has 1 heterocycles. The van der Waals surface area contributed by atoms with Crippen LogP contribution in [0.2, 0.25) is 0 Å². The van der Waals surface area contributed by atoms with Crippen LogP contribution in [-0.4, -0.2) is 4.57 Å².